The molecule has 0 atom stereocenters. The molecule has 0 amide bonds. The molecule has 1 aromatic carbocycles. The zero-order chi connectivity index (χ0) is 12.0. The Bertz CT molecular complexity index is 721. The van der Waals surface area contributed by atoms with Crippen LogP contribution in [0.15, 0.2) is 33.5 Å². The fraction of sp³-hybridized carbons (Fsp3) is 0.0833. The lowest BCUT2D eigenvalue weighted by molar-refractivity contribution is 0.410. The predicted molar refractivity (Wildman–Crippen MR) is 75.6 cm³/mol. The van der Waals surface area contributed by atoms with Crippen LogP contribution in [0.2, 0.25) is 0 Å². The standard InChI is InChI=1S/C12H8Br2N2O/c1-17-12-8(13)4-7-6-2-3-15-5-9(6)16-11(7)10(12)14/h2-5,16H,1H3. The number of hydrogen-bond acceptors (Lipinski definition) is 2. The Balaban J connectivity index is 2.53. The maximum atomic E-state index is 5.35. The normalized spacial score (nSPS) is 11.2. The average molecular weight is 356 g/mol. The Morgan fingerprint density at radius 3 is 2.88 bits per heavy atom. The molecule has 0 unspecified atom stereocenters. The lowest BCUT2D eigenvalue weighted by Gasteiger charge is -2.06. The van der Waals surface area contributed by atoms with Gasteiger partial charge < -0.3 is 9.72 Å². The van der Waals surface area contributed by atoms with Gasteiger partial charge in [-0.3, -0.25) is 4.98 Å². The quantitative estimate of drug-likeness (QED) is 0.708. The smallest absolute Gasteiger partial charge is 0.149 e. The Kier molecular flexibility index (Phi) is 2.60. The van der Waals surface area contributed by atoms with Gasteiger partial charge in [-0.2, -0.15) is 0 Å². The van der Waals surface area contributed by atoms with Gasteiger partial charge in [-0.1, -0.05) is 0 Å². The summed E-state index contributed by atoms with van der Waals surface area (Å²) in [6.45, 7) is 0. The third kappa shape index (κ3) is 1.57. The molecule has 86 valence electrons. The summed E-state index contributed by atoms with van der Waals surface area (Å²) in [4.78, 5) is 7.45. The number of nitrogens with one attached hydrogen (secondary N) is 1. The highest BCUT2D eigenvalue weighted by Crippen LogP contribution is 2.41. The number of nitrogens with zero attached hydrogens (tertiary/aromatic N) is 1. The molecule has 3 nitrogen and oxygen atoms in total. The summed E-state index contributed by atoms with van der Waals surface area (Å²) in [6.07, 6.45) is 3.61. The van der Waals surface area contributed by atoms with Crippen LogP contribution >= 0.6 is 31.9 Å². The second kappa shape index (κ2) is 3.99. The van der Waals surface area contributed by atoms with E-state index < -0.39 is 0 Å². The molecule has 0 aliphatic carbocycles. The number of pyridine rings is 1. The number of ether oxygens (including phenoxy) is 1. The molecular weight excluding hydrogens is 348 g/mol. The van der Waals surface area contributed by atoms with Crippen LogP contribution in [0.1, 0.15) is 0 Å². The first kappa shape index (κ1) is 11.0. The Morgan fingerprint density at radius 2 is 2.12 bits per heavy atom. The number of H-pyrrole nitrogens is 1. The van der Waals surface area contributed by atoms with Gasteiger partial charge in [0.25, 0.3) is 0 Å². The number of rotatable bonds is 1. The van der Waals surface area contributed by atoms with E-state index in [1.807, 2.05) is 12.3 Å². The van der Waals surface area contributed by atoms with Gasteiger partial charge in [0.05, 0.1) is 33.3 Å². The summed E-state index contributed by atoms with van der Waals surface area (Å²) < 4.78 is 7.20. The van der Waals surface area contributed by atoms with Gasteiger partial charge in [-0.25, -0.2) is 0 Å². The summed E-state index contributed by atoms with van der Waals surface area (Å²) in [7, 11) is 1.65. The van der Waals surface area contributed by atoms with Crippen LogP contribution in [0.25, 0.3) is 21.8 Å². The van der Waals surface area contributed by atoms with E-state index in [0.29, 0.717) is 0 Å². The van der Waals surface area contributed by atoms with Crippen molar-refractivity contribution in [1.29, 1.82) is 0 Å². The third-order valence-corrected chi connectivity index (χ3v) is 4.10. The van der Waals surface area contributed by atoms with Crippen molar-refractivity contribution < 1.29 is 4.74 Å². The van der Waals surface area contributed by atoms with Crippen LogP contribution in [-0.2, 0) is 0 Å². The first-order valence-electron chi connectivity index (χ1n) is 4.99. The molecule has 1 N–H and O–H groups in total. The number of aromatic amines is 1. The van der Waals surface area contributed by atoms with Crippen LogP contribution in [0, 0.1) is 0 Å². The fourth-order valence-corrected chi connectivity index (χ4v) is 3.53. The zero-order valence-corrected chi connectivity index (χ0v) is 12.1. The molecule has 2 aromatic heterocycles. The van der Waals surface area contributed by atoms with E-state index >= 15 is 0 Å². The number of halogens is 2. The summed E-state index contributed by atoms with van der Waals surface area (Å²) in [5.41, 5.74) is 2.04. The molecule has 17 heavy (non-hydrogen) atoms. The van der Waals surface area contributed by atoms with Crippen molar-refractivity contribution in [3.05, 3.63) is 33.5 Å². The van der Waals surface area contributed by atoms with Crippen LogP contribution < -0.4 is 4.74 Å². The Morgan fingerprint density at radius 1 is 1.29 bits per heavy atom. The second-order valence-electron chi connectivity index (χ2n) is 3.67. The van der Waals surface area contributed by atoms with Crippen LogP contribution in [0.3, 0.4) is 0 Å². The van der Waals surface area contributed by atoms with Crippen molar-refractivity contribution in [2.75, 3.05) is 7.11 Å². The van der Waals surface area contributed by atoms with Crippen LogP contribution in [0.4, 0.5) is 0 Å². The van der Waals surface area contributed by atoms with Crippen molar-refractivity contribution in [2.45, 2.75) is 0 Å². The van der Waals surface area contributed by atoms with Crippen molar-refractivity contribution in [3.8, 4) is 5.75 Å². The van der Waals surface area contributed by atoms with E-state index in [2.05, 4.69) is 47.9 Å². The average Bonchev–Trinajstić information content (AvgIpc) is 2.69. The monoisotopic (exact) mass is 354 g/mol. The first-order chi connectivity index (χ1) is 8.22. The third-order valence-electron chi connectivity index (χ3n) is 2.75. The molecule has 3 aromatic rings. The van der Waals surface area contributed by atoms with Crippen molar-refractivity contribution in [2.24, 2.45) is 0 Å². The molecule has 0 bridgehead atoms. The molecule has 0 fully saturated rings. The van der Waals surface area contributed by atoms with Gasteiger partial charge in [0.15, 0.2) is 0 Å². The maximum Gasteiger partial charge on any atom is 0.149 e. The molecule has 0 radical (unpaired) electrons. The molecule has 0 aliphatic heterocycles. The van der Waals surface area contributed by atoms with Crippen molar-refractivity contribution in [1.82, 2.24) is 9.97 Å². The number of benzene rings is 1. The van der Waals surface area contributed by atoms with Gasteiger partial charge in [0, 0.05) is 17.0 Å². The SMILES string of the molecule is COc1c(Br)cc2c([nH]c3cnccc32)c1Br. The summed E-state index contributed by atoms with van der Waals surface area (Å²) in [5.74, 6) is 0.789. The largest absolute Gasteiger partial charge is 0.494 e. The maximum absolute atomic E-state index is 5.35. The summed E-state index contributed by atoms with van der Waals surface area (Å²) in [6, 6.07) is 4.05. The van der Waals surface area contributed by atoms with Gasteiger partial charge in [-0.15, -0.1) is 0 Å². The number of hydrogen-bond donors (Lipinski definition) is 1. The highest BCUT2D eigenvalue weighted by Gasteiger charge is 2.14. The molecule has 2 heterocycles. The second-order valence-corrected chi connectivity index (χ2v) is 5.32. The summed E-state index contributed by atoms with van der Waals surface area (Å²) in [5, 5.41) is 2.29. The van der Waals surface area contributed by atoms with E-state index in [4.69, 9.17) is 4.74 Å². The van der Waals surface area contributed by atoms with Crippen molar-refractivity contribution >= 4 is 53.7 Å². The molecule has 0 saturated heterocycles. The highest BCUT2D eigenvalue weighted by molar-refractivity contribution is 9.11. The van der Waals surface area contributed by atoms with Gasteiger partial charge in [-0.05, 0) is 44.0 Å². The van der Waals surface area contributed by atoms with Crippen LogP contribution in [0.5, 0.6) is 5.75 Å². The molecule has 5 heteroatoms. The Hall–Kier alpha value is -1.07. The minimum Gasteiger partial charge on any atom is -0.494 e. The minimum atomic E-state index is 0.789. The van der Waals surface area contributed by atoms with Crippen LogP contribution in [-0.4, -0.2) is 17.1 Å². The van der Waals surface area contributed by atoms with E-state index in [9.17, 15) is 0 Å². The predicted octanol–water partition coefficient (Wildman–Crippen LogP) is 4.25. The molecule has 0 spiro atoms. The first-order valence-corrected chi connectivity index (χ1v) is 6.58. The summed E-state index contributed by atoms with van der Waals surface area (Å²) >= 11 is 7.08. The number of methoxy groups -OCH3 is 1. The Labute approximate surface area is 114 Å². The van der Waals surface area contributed by atoms with Gasteiger partial charge in [0.2, 0.25) is 0 Å². The van der Waals surface area contributed by atoms with Gasteiger partial charge >= 0.3 is 0 Å². The molecule has 3 rings (SSSR count). The number of aromatic nitrogens is 2. The van der Waals surface area contributed by atoms with Gasteiger partial charge in [0.1, 0.15) is 5.75 Å². The van der Waals surface area contributed by atoms with E-state index in [-0.39, 0.29) is 0 Å². The highest BCUT2D eigenvalue weighted by atomic mass is 79.9. The zero-order valence-electron chi connectivity index (χ0n) is 8.92. The molecule has 0 saturated carbocycles. The molecular formula is C12H8Br2N2O. The molecule has 0 aliphatic rings. The lowest BCUT2D eigenvalue weighted by atomic mass is 10.2. The lowest BCUT2D eigenvalue weighted by Crippen LogP contribution is -1.86. The van der Waals surface area contributed by atoms with E-state index in [1.165, 1.54) is 0 Å². The topological polar surface area (TPSA) is 37.9 Å². The van der Waals surface area contributed by atoms with E-state index in [1.54, 1.807) is 13.3 Å². The minimum absolute atomic E-state index is 0.789. The van der Waals surface area contributed by atoms with Crippen molar-refractivity contribution in [3.63, 3.8) is 0 Å². The van der Waals surface area contributed by atoms with E-state index in [0.717, 1.165) is 36.5 Å². The fourth-order valence-electron chi connectivity index (χ4n) is 1.99. The number of fused-ring (bicyclic) bond motifs is 3.